The van der Waals surface area contributed by atoms with Gasteiger partial charge in [-0.2, -0.15) is 0 Å². The van der Waals surface area contributed by atoms with Crippen LogP contribution in [0.25, 0.3) is 0 Å². The third-order valence-corrected chi connectivity index (χ3v) is 2.20. The largest absolute Gasteiger partial charge is 0.488 e. The molecule has 0 radical (unpaired) electrons. The van der Waals surface area contributed by atoms with Gasteiger partial charge in [0, 0.05) is 0 Å². The second kappa shape index (κ2) is 4.50. The molecule has 0 heterocycles. The average molecular weight is 274 g/mol. The van der Waals surface area contributed by atoms with Crippen LogP contribution in [0.2, 0.25) is 0 Å². The summed E-state index contributed by atoms with van der Waals surface area (Å²) in [5, 5.41) is 0. The molecule has 0 N–H and O–H groups in total. The van der Waals surface area contributed by atoms with Crippen molar-refractivity contribution >= 4 is 22.6 Å². The summed E-state index contributed by atoms with van der Waals surface area (Å²) in [5.41, 5.74) is 1.04. The van der Waals surface area contributed by atoms with Crippen LogP contribution in [-0.4, -0.2) is 6.61 Å². The molecule has 0 saturated heterocycles. The van der Waals surface area contributed by atoms with Gasteiger partial charge in [-0.3, -0.25) is 0 Å². The van der Waals surface area contributed by atoms with Gasteiger partial charge >= 0.3 is 0 Å². The average Bonchev–Trinajstić information content (AvgIpc) is 2.03. The highest BCUT2D eigenvalue weighted by Crippen LogP contribution is 2.19. The van der Waals surface area contributed by atoms with E-state index in [2.05, 4.69) is 29.2 Å². The fourth-order valence-electron chi connectivity index (χ4n) is 0.763. The van der Waals surface area contributed by atoms with Gasteiger partial charge in [0.25, 0.3) is 0 Å². The fourth-order valence-corrected chi connectivity index (χ4v) is 1.31. The minimum absolute atomic E-state index is 0.597. The number of halogens is 1. The predicted molar refractivity (Wildman–Crippen MR) is 59.5 cm³/mol. The van der Waals surface area contributed by atoms with Gasteiger partial charge in [-0.15, -0.1) is 0 Å². The molecule has 0 aliphatic rings. The molecule has 1 nitrogen and oxygen atoms in total. The summed E-state index contributed by atoms with van der Waals surface area (Å²) in [5.74, 6) is 0.932. The lowest BCUT2D eigenvalue weighted by Gasteiger charge is -2.06. The molecule has 0 aliphatic carbocycles. The second-order valence-electron chi connectivity index (χ2n) is 2.68. The van der Waals surface area contributed by atoms with Gasteiger partial charge in [0.15, 0.2) is 0 Å². The van der Waals surface area contributed by atoms with E-state index < -0.39 is 0 Å². The molecule has 0 amide bonds. The van der Waals surface area contributed by atoms with E-state index in [1.54, 1.807) is 0 Å². The Hall–Kier alpha value is -0.510. The minimum Gasteiger partial charge on any atom is -0.488 e. The van der Waals surface area contributed by atoms with E-state index in [0.29, 0.717) is 6.61 Å². The Morgan fingerprint density at radius 1 is 1.50 bits per heavy atom. The van der Waals surface area contributed by atoms with E-state index in [-0.39, 0.29) is 0 Å². The van der Waals surface area contributed by atoms with Crippen molar-refractivity contribution in [1.82, 2.24) is 0 Å². The third-order valence-electron chi connectivity index (χ3n) is 1.31. The summed E-state index contributed by atoms with van der Waals surface area (Å²) < 4.78 is 6.63. The van der Waals surface area contributed by atoms with Gasteiger partial charge in [0.05, 0.1) is 3.57 Å². The quantitative estimate of drug-likeness (QED) is 0.607. The predicted octanol–water partition coefficient (Wildman–Crippen LogP) is 3.25. The summed E-state index contributed by atoms with van der Waals surface area (Å²) in [6, 6.07) is 7.95. The summed E-state index contributed by atoms with van der Waals surface area (Å²) in [6.45, 7) is 6.32. The van der Waals surface area contributed by atoms with Crippen LogP contribution in [0.4, 0.5) is 0 Å². The topological polar surface area (TPSA) is 9.23 Å². The molecule has 2 heteroatoms. The normalized spacial score (nSPS) is 9.50. The molecule has 1 rings (SSSR count). The molecule has 0 bridgehead atoms. The minimum atomic E-state index is 0.597. The summed E-state index contributed by atoms with van der Waals surface area (Å²) in [7, 11) is 0. The van der Waals surface area contributed by atoms with Crippen LogP contribution in [-0.2, 0) is 0 Å². The Kier molecular flexibility index (Phi) is 3.59. The van der Waals surface area contributed by atoms with Crippen LogP contribution in [0, 0.1) is 3.57 Å². The van der Waals surface area contributed by atoms with E-state index in [1.807, 2.05) is 31.2 Å². The molecule has 0 unspecified atom stereocenters. The first kappa shape index (κ1) is 9.58. The Morgan fingerprint density at radius 2 is 2.17 bits per heavy atom. The molecule has 0 aliphatic heterocycles. The number of hydrogen-bond acceptors (Lipinski definition) is 1. The molecule has 0 fully saturated rings. The van der Waals surface area contributed by atoms with Crippen LogP contribution in [0.1, 0.15) is 6.92 Å². The molecular formula is C10H11IO. The van der Waals surface area contributed by atoms with Crippen LogP contribution >= 0.6 is 22.6 Å². The molecule has 12 heavy (non-hydrogen) atoms. The zero-order valence-corrected chi connectivity index (χ0v) is 9.17. The van der Waals surface area contributed by atoms with Crippen molar-refractivity contribution in [1.29, 1.82) is 0 Å². The monoisotopic (exact) mass is 274 g/mol. The van der Waals surface area contributed by atoms with Crippen molar-refractivity contribution < 1.29 is 4.74 Å². The molecule has 0 aromatic heterocycles. The zero-order valence-electron chi connectivity index (χ0n) is 7.01. The maximum Gasteiger partial charge on any atom is 0.133 e. The lowest BCUT2D eigenvalue weighted by Crippen LogP contribution is -1.98. The fraction of sp³-hybridized carbons (Fsp3) is 0.200. The number of rotatable bonds is 3. The molecule has 1 aromatic rings. The zero-order chi connectivity index (χ0) is 8.97. The van der Waals surface area contributed by atoms with Gasteiger partial charge in [0.1, 0.15) is 12.4 Å². The number of para-hydroxylation sites is 1. The Labute approximate surface area is 86.6 Å². The summed E-state index contributed by atoms with van der Waals surface area (Å²) >= 11 is 2.25. The molecule has 1 aromatic carbocycles. The van der Waals surface area contributed by atoms with Crippen LogP contribution < -0.4 is 4.74 Å². The third kappa shape index (κ3) is 2.85. The maximum absolute atomic E-state index is 5.49. The highest BCUT2D eigenvalue weighted by molar-refractivity contribution is 14.1. The van der Waals surface area contributed by atoms with Crippen molar-refractivity contribution in [2.75, 3.05) is 6.61 Å². The highest BCUT2D eigenvalue weighted by atomic mass is 127. The second-order valence-corrected chi connectivity index (χ2v) is 3.84. The van der Waals surface area contributed by atoms with E-state index >= 15 is 0 Å². The number of benzene rings is 1. The van der Waals surface area contributed by atoms with E-state index in [4.69, 9.17) is 4.74 Å². The molecule has 0 atom stereocenters. The molecule has 64 valence electrons. The van der Waals surface area contributed by atoms with E-state index in [1.165, 1.54) is 0 Å². The van der Waals surface area contributed by atoms with Crippen molar-refractivity contribution in [3.8, 4) is 5.75 Å². The lowest BCUT2D eigenvalue weighted by molar-refractivity contribution is 0.350. The SMILES string of the molecule is C=C(C)COc1ccccc1I. The van der Waals surface area contributed by atoms with Crippen molar-refractivity contribution in [3.05, 3.63) is 40.0 Å². The Balaban J connectivity index is 2.63. The van der Waals surface area contributed by atoms with Crippen molar-refractivity contribution in [2.24, 2.45) is 0 Å². The van der Waals surface area contributed by atoms with Gasteiger partial charge in [-0.1, -0.05) is 18.7 Å². The van der Waals surface area contributed by atoms with Crippen LogP contribution in [0.3, 0.4) is 0 Å². The van der Waals surface area contributed by atoms with Crippen molar-refractivity contribution in [2.45, 2.75) is 6.92 Å². The number of ether oxygens (including phenoxy) is 1. The smallest absolute Gasteiger partial charge is 0.133 e. The first-order valence-electron chi connectivity index (χ1n) is 3.72. The highest BCUT2D eigenvalue weighted by Gasteiger charge is 1.97. The maximum atomic E-state index is 5.49. The lowest BCUT2D eigenvalue weighted by atomic mass is 10.3. The van der Waals surface area contributed by atoms with Gasteiger partial charge in [0.2, 0.25) is 0 Å². The van der Waals surface area contributed by atoms with Gasteiger partial charge in [-0.25, -0.2) is 0 Å². The van der Waals surface area contributed by atoms with Crippen LogP contribution in [0.5, 0.6) is 5.75 Å². The first-order valence-corrected chi connectivity index (χ1v) is 4.79. The Bertz CT molecular complexity index is 281. The summed E-state index contributed by atoms with van der Waals surface area (Å²) in [6.07, 6.45) is 0. The first-order chi connectivity index (χ1) is 5.70. The number of hydrogen-bond donors (Lipinski definition) is 0. The van der Waals surface area contributed by atoms with Crippen molar-refractivity contribution in [3.63, 3.8) is 0 Å². The van der Waals surface area contributed by atoms with Gasteiger partial charge < -0.3 is 4.74 Å². The molecular weight excluding hydrogens is 263 g/mol. The Morgan fingerprint density at radius 3 is 2.75 bits per heavy atom. The van der Waals surface area contributed by atoms with Gasteiger partial charge in [-0.05, 0) is 47.2 Å². The standard InChI is InChI=1S/C10H11IO/c1-8(2)7-12-10-6-4-3-5-9(10)11/h3-6H,1,7H2,2H3. The summed E-state index contributed by atoms with van der Waals surface area (Å²) in [4.78, 5) is 0. The molecule has 0 spiro atoms. The van der Waals surface area contributed by atoms with E-state index in [0.717, 1.165) is 14.9 Å². The van der Waals surface area contributed by atoms with E-state index in [9.17, 15) is 0 Å². The van der Waals surface area contributed by atoms with Crippen LogP contribution in [0.15, 0.2) is 36.4 Å². The molecule has 0 saturated carbocycles.